The quantitative estimate of drug-likeness (QED) is 0.274. The molecule has 0 saturated heterocycles. The molecule has 0 aliphatic heterocycles. The van der Waals surface area contributed by atoms with Crippen LogP contribution in [0.15, 0.2) is 30.3 Å². The Morgan fingerprint density at radius 1 is 0.857 bits per heavy atom. The third-order valence-electron chi connectivity index (χ3n) is 6.18. The number of unbranched alkanes of at least 4 members (excludes halogenated alkanes) is 8. The third-order valence-corrected chi connectivity index (χ3v) is 6.18. The molecule has 0 fully saturated rings. The lowest BCUT2D eigenvalue weighted by molar-refractivity contribution is -0.143. The van der Waals surface area contributed by atoms with E-state index in [1.54, 1.807) is 0 Å². The highest BCUT2D eigenvalue weighted by Gasteiger charge is 2.31. The van der Waals surface area contributed by atoms with E-state index in [9.17, 15) is 9.90 Å². The summed E-state index contributed by atoms with van der Waals surface area (Å²) in [4.78, 5) is 12.0. The van der Waals surface area contributed by atoms with Crippen molar-refractivity contribution in [3.8, 4) is 0 Å². The fourth-order valence-electron chi connectivity index (χ4n) is 4.38. The van der Waals surface area contributed by atoms with E-state index in [1.807, 2.05) is 18.2 Å². The second kappa shape index (κ2) is 14.7. The number of rotatable bonds is 17. The van der Waals surface area contributed by atoms with Crippen LogP contribution in [0.5, 0.6) is 0 Å². The van der Waals surface area contributed by atoms with Gasteiger partial charge in [-0.15, -0.1) is 0 Å². The molecule has 28 heavy (non-hydrogen) atoms. The molecule has 160 valence electrons. The van der Waals surface area contributed by atoms with E-state index in [0.717, 1.165) is 12.0 Å². The summed E-state index contributed by atoms with van der Waals surface area (Å²) in [5.41, 5.74) is 1.29. The molecule has 0 radical (unpaired) electrons. The van der Waals surface area contributed by atoms with Gasteiger partial charge in [-0.05, 0) is 36.7 Å². The molecule has 1 aromatic rings. The van der Waals surface area contributed by atoms with Gasteiger partial charge < -0.3 is 5.11 Å². The molecular weight excluding hydrogens is 344 g/mol. The highest BCUT2D eigenvalue weighted by atomic mass is 16.4. The summed E-state index contributed by atoms with van der Waals surface area (Å²) in [5, 5.41) is 9.88. The summed E-state index contributed by atoms with van der Waals surface area (Å²) in [7, 11) is 0. The van der Waals surface area contributed by atoms with Gasteiger partial charge in [-0.2, -0.15) is 0 Å². The van der Waals surface area contributed by atoms with Gasteiger partial charge in [0.2, 0.25) is 0 Å². The van der Waals surface area contributed by atoms with Crippen LogP contribution in [0, 0.1) is 11.3 Å². The van der Waals surface area contributed by atoms with Crippen molar-refractivity contribution in [2.24, 2.45) is 11.3 Å². The van der Waals surface area contributed by atoms with Crippen LogP contribution in [0.1, 0.15) is 110 Å². The molecule has 0 aliphatic rings. The van der Waals surface area contributed by atoms with Gasteiger partial charge in [-0.1, -0.05) is 115 Å². The SMILES string of the molecule is CCCCCCCCC(C)(CCCCCC)CC(Cc1ccccc1)C(=O)O. The molecule has 1 N–H and O–H groups in total. The van der Waals surface area contributed by atoms with Gasteiger partial charge in [0.1, 0.15) is 0 Å². The van der Waals surface area contributed by atoms with Crippen molar-refractivity contribution >= 4 is 5.97 Å². The smallest absolute Gasteiger partial charge is 0.306 e. The van der Waals surface area contributed by atoms with E-state index in [0.29, 0.717) is 6.42 Å². The van der Waals surface area contributed by atoms with Gasteiger partial charge in [0.05, 0.1) is 5.92 Å². The van der Waals surface area contributed by atoms with Gasteiger partial charge in [-0.25, -0.2) is 0 Å². The van der Waals surface area contributed by atoms with Crippen molar-refractivity contribution in [2.75, 3.05) is 0 Å². The number of hydrogen-bond acceptors (Lipinski definition) is 1. The predicted octanol–water partition coefficient (Wildman–Crippen LogP) is 8.05. The van der Waals surface area contributed by atoms with Crippen molar-refractivity contribution in [3.05, 3.63) is 35.9 Å². The maximum atomic E-state index is 12.0. The minimum absolute atomic E-state index is 0.149. The molecule has 0 bridgehead atoms. The molecule has 0 saturated carbocycles. The van der Waals surface area contributed by atoms with Crippen molar-refractivity contribution in [1.29, 1.82) is 0 Å². The first kappa shape index (κ1) is 24.7. The van der Waals surface area contributed by atoms with Gasteiger partial charge in [0.15, 0.2) is 0 Å². The normalized spacial score (nSPS) is 14.5. The van der Waals surface area contributed by atoms with E-state index < -0.39 is 5.97 Å². The van der Waals surface area contributed by atoms with E-state index in [2.05, 4.69) is 32.9 Å². The van der Waals surface area contributed by atoms with Crippen molar-refractivity contribution < 1.29 is 9.90 Å². The van der Waals surface area contributed by atoms with Gasteiger partial charge in [0.25, 0.3) is 0 Å². The number of carbonyl (C=O) groups is 1. The molecule has 0 spiro atoms. The molecular formula is C26H44O2. The zero-order chi connectivity index (χ0) is 20.7. The highest BCUT2D eigenvalue weighted by molar-refractivity contribution is 5.70. The lowest BCUT2D eigenvalue weighted by Gasteiger charge is -2.33. The predicted molar refractivity (Wildman–Crippen MR) is 121 cm³/mol. The van der Waals surface area contributed by atoms with Crippen molar-refractivity contribution in [1.82, 2.24) is 0 Å². The number of aliphatic carboxylic acids is 1. The molecule has 0 amide bonds. The summed E-state index contributed by atoms with van der Waals surface area (Å²) < 4.78 is 0. The second-order valence-electron chi connectivity index (χ2n) is 9.07. The molecule has 2 unspecified atom stereocenters. The Bertz CT molecular complexity index is 510. The Hall–Kier alpha value is -1.31. The van der Waals surface area contributed by atoms with E-state index in [1.165, 1.54) is 77.0 Å². The Balaban J connectivity index is 2.66. The molecule has 0 aliphatic carbocycles. The standard InChI is InChI=1S/C26H44O2/c1-4-6-8-10-11-16-20-26(3,19-15-9-7-5-2)22-24(25(27)28)21-23-17-13-12-14-18-23/h12-14,17-18,24H,4-11,15-16,19-22H2,1-3H3,(H,27,28). The lowest BCUT2D eigenvalue weighted by Crippen LogP contribution is -2.27. The van der Waals surface area contributed by atoms with Crippen molar-refractivity contribution in [3.63, 3.8) is 0 Å². The van der Waals surface area contributed by atoms with Crippen LogP contribution in [0.2, 0.25) is 0 Å². The van der Waals surface area contributed by atoms with Crippen LogP contribution in [-0.2, 0) is 11.2 Å². The molecule has 2 heteroatoms. The van der Waals surface area contributed by atoms with Gasteiger partial charge in [-0.3, -0.25) is 4.79 Å². The number of hydrogen-bond donors (Lipinski definition) is 1. The largest absolute Gasteiger partial charge is 0.481 e. The number of benzene rings is 1. The van der Waals surface area contributed by atoms with E-state index in [4.69, 9.17) is 0 Å². The molecule has 1 rings (SSSR count). The average Bonchev–Trinajstić information content (AvgIpc) is 2.68. The summed E-state index contributed by atoms with van der Waals surface area (Å²) >= 11 is 0. The molecule has 0 heterocycles. The van der Waals surface area contributed by atoms with Gasteiger partial charge >= 0.3 is 5.97 Å². The van der Waals surface area contributed by atoms with Crippen LogP contribution in [0.3, 0.4) is 0 Å². The number of carboxylic acids is 1. The summed E-state index contributed by atoms with van der Waals surface area (Å²) in [6.45, 7) is 6.86. The monoisotopic (exact) mass is 388 g/mol. The summed E-state index contributed by atoms with van der Waals surface area (Å²) in [6.07, 6.45) is 16.7. The molecule has 2 atom stereocenters. The fraction of sp³-hybridized carbons (Fsp3) is 0.731. The topological polar surface area (TPSA) is 37.3 Å². The second-order valence-corrected chi connectivity index (χ2v) is 9.07. The fourth-order valence-corrected chi connectivity index (χ4v) is 4.38. The van der Waals surface area contributed by atoms with Crippen molar-refractivity contribution in [2.45, 2.75) is 111 Å². The Morgan fingerprint density at radius 3 is 1.89 bits per heavy atom. The van der Waals surface area contributed by atoms with Crippen LogP contribution < -0.4 is 0 Å². The molecule has 2 nitrogen and oxygen atoms in total. The first-order valence-corrected chi connectivity index (χ1v) is 11.8. The Kier molecular flexibility index (Phi) is 12.9. The van der Waals surface area contributed by atoms with Gasteiger partial charge in [0, 0.05) is 0 Å². The Labute approximate surface area is 174 Å². The lowest BCUT2D eigenvalue weighted by atomic mass is 9.72. The summed E-state index contributed by atoms with van der Waals surface area (Å²) in [5.74, 6) is -0.912. The zero-order valence-electron chi connectivity index (χ0n) is 18.7. The maximum absolute atomic E-state index is 12.0. The minimum atomic E-state index is -0.633. The average molecular weight is 389 g/mol. The molecule has 1 aromatic carbocycles. The highest BCUT2D eigenvalue weighted by Crippen LogP contribution is 2.38. The summed E-state index contributed by atoms with van der Waals surface area (Å²) in [6, 6.07) is 10.1. The van der Waals surface area contributed by atoms with Crippen LogP contribution in [0.25, 0.3) is 0 Å². The first-order chi connectivity index (χ1) is 13.5. The Morgan fingerprint density at radius 2 is 1.36 bits per heavy atom. The third kappa shape index (κ3) is 10.9. The minimum Gasteiger partial charge on any atom is -0.481 e. The van der Waals surface area contributed by atoms with Crippen LogP contribution in [-0.4, -0.2) is 11.1 Å². The van der Waals surface area contributed by atoms with Crippen LogP contribution >= 0.6 is 0 Å². The van der Waals surface area contributed by atoms with E-state index >= 15 is 0 Å². The van der Waals surface area contributed by atoms with Crippen LogP contribution in [0.4, 0.5) is 0 Å². The maximum Gasteiger partial charge on any atom is 0.306 e. The molecule has 0 aromatic heterocycles. The number of carboxylic acid groups (broad SMARTS) is 1. The zero-order valence-corrected chi connectivity index (χ0v) is 18.7. The van der Waals surface area contributed by atoms with E-state index in [-0.39, 0.29) is 11.3 Å². The first-order valence-electron chi connectivity index (χ1n) is 11.8.